The molecule has 0 saturated heterocycles. The second-order valence-corrected chi connectivity index (χ2v) is 9.86. The van der Waals surface area contributed by atoms with Crippen molar-refractivity contribution in [1.82, 2.24) is 9.97 Å². The number of thioether (sulfide) groups is 1. The van der Waals surface area contributed by atoms with E-state index in [2.05, 4.69) is 58.8 Å². The zero-order chi connectivity index (χ0) is 22.8. The van der Waals surface area contributed by atoms with Gasteiger partial charge in [-0.05, 0) is 48.6 Å². The van der Waals surface area contributed by atoms with Crippen LogP contribution in [-0.4, -0.2) is 26.7 Å². The molecule has 0 bridgehead atoms. The van der Waals surface area contributed by atoms with Crippen molar-refractivity contribution in [3.63, 3.8) is 0 Å². The normalized spacial score (nSPS) is 11.3. The van der Waals surface area contributed by atoms with Gasteiger partial charge < -0.3 is 10.4 Å². The van der Waals surface area contributed by atoms with Crippen molar-refractivity contribution in [3.05, 3.63) is 64.8 Å². The van der Waals surface area contributed by atoms with Crippen LogP contribution in [0.25, 0.3) is 21.3 Å². The van der Waals surface area contributed by atoms with Crippen LogP contribution in [0.5, 0.6) is 5.75 Å². The Hall–Kier alpha value is -2.90. The molecule has 0 fully saturated rings. The van der Waals surface area contributed by atoms with Crippen LogP contribution in [0.4, 0.5) is 5.69 Å². The maximum absolute atomic E-state index is 12.6. The smallest absolute Gasteiger partial charge is 0.234 e. The maximum Gasteiger partial charge on any atom is 0.234 e. The van der Waals surface area contributed by atoms with Crippen LogP contribution >= 0.6 is 23.1 Å². The molecule has 2 heterocycles. The number of phenols is 1. The average Bonchev–Trinajstić information content (AvgIpc) is 3.18. The Morgan fingerprint density at radius 2 is 1.88 bits per heavy atom. The number of aryl methyl sites for hydroxylation is 2. The summed E-state index contributed by atoms with van der Waals surface area (Å²) in [6.07, 6.45) is 0. The Balaban J connectivity index is 1.60. The first kappa shape index (κ1) is 22.3. The lowest BCUT2D eigenvalue weighted by Crippen LogP contribution is -2.14. The van der Waals surface area contributed by atoms with Crippen LogP contribution in [0, 0.1) is 13.8 Å². The molecule has 0 spiro atoms. The minimum atomic E-state index is -0.196. The van der Waals surface area contributed by atoms with Gasteiger partial charge in [-0.3, -0.25) is 4.79 Å². The Morgan fingerprint density at radius 1 is 1.12 bits per heavy atom. The molecule has 0 radical (unpaired) electrons. The Bertz CT molecular complexity index is 1280. The molecule has 0 aliphatic heterocycles. The summed E-state index contributed by atoms with van der Waals surface area (Å²) < 4.78 is 0. The van der Waals surface area contributed by atoms with Gasteiger partial charge in [-0.25, -0.2) is 9.97 Å². The number of hydrogen-bond acceptors (Lipinski definition) is 6. The Kier molecular flexibility index (Phi) is 6.48. The van der Waals surface area contributed by atoms with Crippen LogP contribution in [0.2, 0.25) is 0 Å². The summed E-state index contributed by atoms with van der Waals surface area (Å²) in [5.41, 5.74) is 4.88. The van der Waals surface area contributed by atoms with Crippen LogP contribution in [0.1, 0.15) is 36.7 Å². The fourth-order valence-electron chi connectivity index (χ4n) is 3.45. The number of thiophene rings is 1. The summed E-state index contributed by atoms with van der Waals surface area (Å²) in [5, 5.41) is 16.7. The fourth-order valence-corrected chi connectivity index (χ4v) is 5.39. The number of aromatic nitrogens is 2. The molecule has 0 saturated carbocycles. The first-order valence-corrected chi connectivity index (χ1v) is 12.3. The SMILES string of the molecule is Cc1ccc(O)c(NC(=O)CSc2nc(C)nc3scc(-c4ccc(C(C)C)cc4)c23)c1. The Morgan fingerprint density at radius 3 is 2.59 bits per heavy atom. The third-order valence-corrected chi connectivity index (χ3v) is 7.01. The number of carbonyl (C=O) groups is 1. The number of benzene rings is 2. The van der Waals surface area contributed by atoms with E-state index in [-0.39, 0.29) is 17.4 Å². The molecule has 7 heteroatoms. The monoisotopic (exact) mass is 463 g/mol. The summed E-state index contributed by atoms with van der Waals surface area (Å²) in [6, 6.07) is 13.7. The molecule has 4 rings (SSSR count). The maximum atomic E-state index is 12.6. The number of amides is 1. The molecule has 5 nitrogen and oxygen atoms in total. The van der Waals surface area contributed by atoms with E-state index in [4.69, 9.17) is 0 Å². The highest BCUT2D eigenvalue weighted by Crippen LogP contribution is 2.38. The highest BCUT2D eigenvalue weighted by atomic mass is 32.2. The summed E-state index contributed by atoms with van der Waals surface area (Å²) in [7, 11) is 0. The summed E-state index contributed by atoms with van der Waals surface area (Å²) in [4.78, 5) is 22.7. The molecule has 0 atom stereocenters. The second kappa shape index (κ2) is 9.30. The van der Waals surface area contributed by atoms with E-state index in [1.54, 1.807) is 29.5 Å². The van der Waals surface area contributed by atoms with Crippen molar-refractivity contribution < 1.29 is 9.90 Å². The van der Waals surface area contributed by atoms with Crippen molar-refractivity contribution in [3.8, 4) is 16.9 Å². The zero-order valence-electron chi connectivity index (χ0n) is 18.5. The van der Waals surface area contributed by atoms with Gasteiger partial charge in [0.15, 0.2) is 0 Å². The third-order valence-electron chi connectivity index (χ3n) is 5.17. The first-order valence-electron chi connectivity index (χ1n) is 10.4. The molecule has 2 aromatic carbocycles. The molecule has 1 amide bonds. The molecule has 32 heavy (non-hydrogen) atoms. The van der Waals surface area contributed by atoms with Gasteiger partial charge in [0.25, 0.3) is 0 Å². The second-order valence-electron chi connectivity index (χ2n) is 8.04. The van der Waals surface area contributed by atoms with Gasteiger partial charge in [-0.2, -0.15) is 0 Å². The number of fused-ring (bicyclic) bond motifs is 1. The zero-order valence-corrected chi connectivity index (χ0v) is 20.1. The minimum absolute atomic E-state index is 0.0548. The molecular weight excluding hydrogens is 438 g/mol. The average molecular weight is 464 g/mol. The van der Waals surface area contributed by atoms with Crippen molar-refractivity contribution in [2.45, 2.75) is 38.6 Å². The number of anilines is 1. The van der Waals surface area contributed by atoms with Crippen LogP contribution < -0.4 is 5.32 Å². The summed E-state index contributed by atoms with van der Waals surface area (Å²) >= 11 is 2.97. The lowest BCUT2D eigenvalue weighted by molar-refractivity contribution is -0.113. The summed E-state index contributed by atoms with van der Waals surface area (Å²) in [6.45, 7) is 8.14. The number of carbonyl (C=O) groups excluding carboxylic acids is 1. The van der Waals surface area contributed by atoms with E-state index >= 15 is 0 Å². The van der Waals surface area contributed by atoms with Gasteiger partial charge in [0.1, 0.15) is 21.4 Å². The molecule has 2 aromatic heterocycles. The van der Waals surface area contributed by atoms with E-state index in [1.807, 2.05) is 13.8 Å². The predicted octanol–water partition coefficient (Wildman–Crippen LogP) is 6.53. The van der Waals surface area contributed by atoms with Crippen molar-refractivity contribution >= 4 is 44.9 Å². The predicted molar refractivity (Wildman–Crippen MR) is 134 cm³/mol. The quantitative estimate of drug-likeness (QED) is 0.193. The highest BCUT2D eigenvalue weighted by Gasteiger charge is 2.17. The topological polar surface area (TPSA) is 75.1 Å². The molecule has 0 unspecified atom stereocenters. The van der Waals surface area contributed by atoms with Gasteiger partial charge in [0.05, 0.1) is 16.8 Å². The lowest BCUT2D eigenvalue weighted by Gasteiger charge is -2.10. The van der Waals surface area contributed by atoms with E-state index in [1.165, 1.54) is 17.3 Å². The number of aromatic hydroxyl groups is 1. The minimum Gasteiger partial charge on any atom is -0.506 e. The number of nitrogens with one attached hydrogen (secondary N) is 1. The number of phenolic OH excluding ortho intramolecular Hbond substituents is 1. The molecule has 164 valence electrons. The molecule has 0 aliphatic rings. The van der Waals surface area contributed by atoms with Crippen molar-refractivity contribution in [1.29, 1.82) is 0 Å². The molecule has 0 aliphatic carbocycles. The van der Waals surface area contributed by atoms with Gasteiger partial charge >= 0.3 is 0 Å². The lowest BCUT2D eigenvalue weighted by atomic mass is 9.99. The fraction of sp³-hybridized carbons (Fsp3) is 0.240. The van der Waals surface area contributed by atoms with E-state index in [0.717, 1.165) is 31.9 Å². The van der Waals surface area contributed by atoms with E-state index in [0.29, 0.717) is 17.4 Å². The number of rotatable bonds is 6. The highest BCUT2D eigenvalue weighted by molar-refractivity contribution is 8.00. The number of hydrogen-bond donors (Lipinski definition) is 2. The number of nitrogens with zero attached hydrogens (tertiary/aromatic N) is 2. The third kappa shape index (κ3) is 4.79. The van der Waals surface area contributed by atoms with Gasteiger partial charge in [0.2, 0.25) is 5.91 Å². The van der Waals surface area contributed by atoms with E-state index in [9.17, 15) is 9.90 Å². The van der Waals surface area contributed by atoms with Gasteiger partial charge in [-0.1, -0.05) is 55.9 Å². The first-order chi connectivity index (χ1) is 15.3. The standard InChI is InChI=1S/C25H25N3O2S2/c1-14(2)17-6-8-18(9-7-17)19-12-31-24-23(19)25(27-16(4)26-24)32-13-22(30)28-20-11-15(3)5-10-21(20)29/h5-12,14,29H,13H2,1-4H3,(H,28,30). The van der Waals surface area contributed by atoms with Crippen LogP contribution in [-0.2, 0) is 4.79 Å². The van der Waals surface area contributed by atoms with Gasteiger partial charge in [0, 0.05) is 10.9 Å². The van der Waals surface area contributed by atoms with Gasteiger partial charge in [-0.15, -0.1) is 11.3 Å². The molecular formula is C25H25N3O2S2. The van der Waals surface area contributed by atoms with Crippen molar-refractivity contribution in [2.24, 2.45) is 0 Å². The molecule has 2 N–H and O–H groups in total. The van der Waals surface area contributed by atoms with E-state index < -0.39 is 0 Å². The van der Waals surface area contributed by atoms with Crippen LogP contribution in [0.3, 0.4) is 0 Å². The molecule has 4 aromatic rings. The summed E-state index contributed by atoms with van der Waals surface area (Å²) in [5.74, 6) is 1.20. The Labute approximate surface area is 195 Å². The van der Waals surface area contributed by atoms with Crippen molar-refractivity contribution in [2.75, 3.05) is 11.1 Å². The van der Waals surface area contributed by atoms with Crippen LogP contribution in [0.15, 0.2) is 52.9 Å². The largest absolute Gasteiger partial charge is 0.506 e.